The van der Waals surface area contributed by atoms with Crippen molar-refractivity contribution in [3.63, 3.8) is 0 Å². The van der Waals surface area contributed by atoms with E-state index in [1.807, 2.05) is 27.7 Å². The van der Waals surface area contributed by atoms with Crippen LogP contribution < -0.4 is 0 Å². The maximum Gasteiger partial charge on any atom is 0.323 e. The minimum absolute atomic E-state index is 0.0364. The fourth-order valence-corrected chi connectivity index (χ4v) is 3.11. The number of esters is 2. The summed E-state index contributed by atoms with van der Waals surface area (Å²) in [6, 6.07) is 0. The van der Waals surface area contributed by atoms with E-state index in [1.165, 1.54) is 14.2 Å². The zero-order valence-corrected chi connectivity index (χ0v) is 14.0. The van der Waals surface area contributed by atoms with Gasteiger partial charge in [0.05, 0.1) is 19.8 Å². The predicted molar refractivity (Wildman–Crippen MR) is 78.7 cm³/mol. The van der Waals surface area contributed by atoms with Crippen LogP contribution in [0.3, 0.4) is 0 Å². The van der Waals surface area contributed by atoms with Gasteiger partial charge in [-0.05, 0) is 40.5 Å². The van der Waals surface area contributed by atoms with Crippen LogP contribution in [0.5, 0.6) is 0 Å². The summed E-state index contributed by atoms with van der Waals surface area (Å²) in [5.74, 6) is -1.12. The molecule has 0 saturated heterocycles. The fourth-order valence-electron chi connectivity index (χ4n) is 3.11. The van der Waals surface area contributed by atoms with E-state index in [0.717, 1.165) is 11.1 Å². The van der Waals surface area contributed by atoms with Crippen LogP contribution in [-0.4, -0.2) is 38.9 Å². The summed E-state index contributed by atoms with van der Waals surface area (Å²) in [4.78, 5) is 24.6. The van der Waals surface area contributed by atoms with Gasteiger partial charge in [-0.1, -0.05) is 11.1 Å². The van der Waals surface area contributed by atoms with Gasteiger partial charge < -0.3 is 14.2 Å². The number of methoxy groups -OCH3 is 3. The molecule has 21 heavy (non-hydrogen) atoms. The first-order valence-electron chi connectivity index (χ1n) is 7.04. The van der Waals surface area contributed by atoms with E-state index in [0.29, 0.717) is 12.8 Å². The molecular weight excluding hydrogens is 272 g/mol. The van der Waals surface area contributed by atoms with Crippen molar-refractivity contribution in [3.05, 3.63) is 11.1 Å². The fraction of sp³-hybridized carbons (Fsp3) is 0.750. The highest BCUT2D eigenvalue weighted by Gasteiger charge is 2.58. The van der Waals surface area contributed by atoms with E-state index >= 15 is 0 Å². The molecule has 0 bridgehead atoms. The standard InChI is InChI=1S/C16H26O5/c1-10(2)11-8-16(13(17)19-5,14(18)20-6)9-12(11)15(3,4)21-7/h12H,8-9H2,1-7H3/t12-/m1/s1. The topological polar surface area (TPSA) is 61.8 Å². The first-order valence-corrected chi connectivity index (χ1v) is 7.04. The van der Waals surface area contributed by atoms with E-state index in [-0.39, 0.29) is 5.92 Å². The largest absolute Gasteiger partial charge is 0.468 e. The van der Waals surface area contributed by atoms with Crippen molar-refractivity contribution >= 4 is 11.9 Å². The number of rotatable bonds is 4. The molecule has 0 unspecified atom stereocenters. The van der Waals surface area contributed by atoms with Gasteiger partial charge in [0.15, 0.2) is 5.41 Å². The first-order chi connectivity index (χ1) is 9.66. The van der Waals surface area contributed by atoms with Crippen LogP contribution in [0.2, 0.25) is 0 Å². The second kappa shape index (κ2) is 6.18. The van der Waals surface area contributed by atoms with Gasteiger partial charge in [0.1, 0.15) is 0 Å². The van der Waals surface area contributed by atoms with Crippen LogP contribution in [0, 0.1) is 11.3 Å². The quantitative estimate of drug-likeness (QED) is 0.453. The van der Waals surface area contributed by atoms with Gasteiger partial charge in [0, 0.05) is 13.0 Å². The van der Waals surface area contributed by atoms with E-state index in [4.69, 9.17) is 14.2 Å². The number of hydrogen-bond acceptors (Lipinski definition) is 5. The molecule has 0 radical (unpaired) electrons. The van der Waals surface area contributed by atoms with Crippen molar-refractivity contribution in [2.45, 2.75) is 46.1 Å². The smallest absolute Gasteiger partial charge is 0.323 e. The average Bonchev–Trinajstić information content (AvgIpc) is 2.88. The van der Waals surface area contributed by atoms with E-state index < -0.39 is 23.0 Å². The average molecular weight is 298 g/mol. The molecule has 1 fully saturated rings. The highest BCUT2D eigenvalue weighted by atomic mass is 16.5. The lowest BCUT2D eigenvalue weighted by atomic mass is 9.81. The number of allylic oxidation sites excluding steroid dienone is 1. The maximum absolute atomic E-state index is 12.3. The Hall–Kier alpha value is -1.36. The van der Waals surface area contributed by atoms with Crippen LogP contribution in [0.15, 0.2) is 11.1 Å². The monoisotopic (exact) mass is 298 g/mol. The Labute approximate surface area is 126 Å². The highest BCUT2D eigenvalue weighted by Crippen LogP contribution is 2.52. The molecule has 1 aliphatic rings. The Morgan fingerprint density at radius 1 is 1.10 bits per heavy atom. The minimum Gasteiger partial charge on any atom is -0.468 e. The Balaban J connectivity index is 3.38. The zero-order chi connectivity index (χ0) is 16.4. The summed E-state index contributed by atoms with van der Waals surface area (Å²) in [5, 5.41) is 0. The molecule has 1 saturated carbocycles. The lowest BCUT2D eigenvalue weighted by molar-refractivity contribution is -0.169. The zero-order valence-electron chi connectivity index (χ0n) is 14.0. The van der Waals surface area contributed by atoms with Crippen LogP contribution >= 0.6 is 0 Å². The van der Waals surface area contributed by atoms with Gasteiger partial charge in [0.2, 0.25) is 0 Å². The number of hydrogen-bond donors (Lipinski definition) is 0. The van der Waals surface area contributed by atoms with Gasteiger partial charge in [0.25, 0.3) is 0 Å². The molecule has 5 heteroatoms. The third-order valence-electron chi connectivity index (χ3n) is 4.63. The highest BCUT2D eigenvalue weighted by molar-refractivity contribution is 6.01. The molecule has 1 rings (SSSR count). The van der Waals surface area contributed by atoms with Gasteiger partial charge in [-0.15, -0.1) is 0 Å². The van der Waals surface area contributed by atoms with E-state index in [2.05, 4.69) is 0 Å². The first kappa shape index (κ1) is 17.7. The summed E-state index contributed by atoms with van der Waals surface area (Å²) in [6.07, 6.45) is 0.667. The molecule has 0 N–H and O–H groups in total. The van der Waals surface area contributed by atoms with Crippen LogP contribution in [0.25, 0.3) is 0 Å². The van der Waals surface area contributed by atoms with Crippen molar-refractivity contribution < 1.29 is 23.8 Å². The summed E-state index contributed by atoms with van der Waals surface area (Å²) in [5.41, 5.74) is 0.421. The molecule has 0 amide bonds. The molecule has 0 heterocycles. The third-order valence-corrected chi connectivity index (χ3v) is 4.63. The molecule has 1 aliphatic carbocycles. The lowest BCUT2D eigenvalue weighted by Gasteiger charge is -2.32. The number of ether oxygens (including phenoxy) is 3. The van der Waals surface area contributed by atoms with Gasteiger partial charge in [-0.3, -0.25) is 9.59 Å². The SMILES string of the molecule is COC(=O)C1(C(=O)OC)CC(=C(C)C)[C@H](C(C)(C)OC)C1. The number of carbonyl (C=O) groups excluding carboxylic acids is 2. The predicted octanol–water partition coefficient (Wildman–Crippen LogP) is 2.49. The second-order valence-electron chi connectivity index (χ2n) is 6.33. The molecule has 0 aromatic heterocycles. The normalized spacial score (nSPS) is 21.1. The van der Waals surface area contributed by atoms with Gasteiger partial charge >= 0.3 is 11.9 Å². The van der Waals surface area contributed by atoms with Crippen molar-refractivity contribution in [1.82, 2.24) is 0 Å². The van der Waals surface area contributed by atoms with Crippen molar-refractivity contribution in [3.8, 4) is 0 Å². The number of carbonyl (C=O) groups is 2. The summed E-state index contributed by atoms with van der Waals surface area (Å²) in [7, 11) is 4.23. The molecule has 5 nitrogen and oxygen atoms in total. The lowest BCUT2D eigenvalue weighted by Crippen LogP contribution is -2.41. The minimum atomic E-state index is -1.27. The Kier molecular flexibility index (Phi) is 5.20. The molecule has 0 aromatic carbocycles. The summed E-state index contributed by atoms with van der Waals surface area (Å²) >= 11 is 0. The molecule has 1 atom stereocenters. The molecule has 0 spiro atoms. The summed E-state index contributed by atoms with van der Waals surface area (Å²) in [6.45, 7) is 7.90. The van der Waals surface area contributed by atoms with Crippen molar-refractivity contribution in [2.75, 3.05) is 21.3 Å². The Morgan fingerprint density at radius 2 is 1.57 bits per heavy atom. The molecule has 0 aromatic rings. The van der Waals surface area contributed by atoms with Gasteiger partial charge in [-0.25, -0.2) is 0 Å². The third kappa shape index (κ3) is 2.98. The second-order valence-corrected chi connectivity index (χ2v) is 6.33. The molecule has 0 aliphatic heterocycles. The van der Waals surface area contributed by atoms with E-state index in [9.17, 15) is 9.59 Å². The molecule has 120 valence electrons. The van der Waals surface area contributed by atoms with Gasteiger partial charge in [-0.2, -0.15) is 0 Å². The Bertz CT molecular complexity index is 441. The molecular formula is C16H26O5. The summed E-state index contributed by atoms with van der Waals surface area (Å²) < 4.78 is 15.3. The van der Waals surface area contributed by atoms with Crippen molar-refractivity contribution in [2.24, 2.45) is 11.3 Å². The Morgan fingerprint density at radius 3 is 1.90 bits per heavy atom. The van der Waals surface area contributed by atoms with Crippen LogP contribution in [0.4, 0.5) is 0 Å². The van der Waals surface area contributed by atoms with Crippen LogP contribution in [0.1, 0.15) is 40.5 Å². The van der Waals surface area contributed by atoms with E-state index in [1.54, 1.807) is 7.11 Å². The maximum atomic E-state index is 12.3. The van der Waals surface area contributed by atoms with Crippen LogP contribution in [-0.2, 0) is 23.8 Å². The van der Waals surface area contributed by atoms with Crippen molar-refractivity contribution in [1.29, 1.82) is 0 Å².